The van der Waals surface area contributed by atoms with Crippen LogP contribution in [0.3, 0.4) is 0 Å². The Morgan fingerprint density at radius 1 is 0.812 bits per heavy atom. The topological polar surface area (TPSA) is 112 Å². The van der Waals surface area contributed by atoms with E-state index in [-0.39, 0.29) is 6.61 Å². The molecule has 0 aliphatic heterocycles. The first-order chi connectivity index (χ1) is 15.3. The Labute approximate surface area is 187 Å². The van der Waals surface area contributed by atoms with Gasteiger partial charge in [-0.3, -0.25) is 10.1 Å². The molecule has 9 nitrogen and oxygen atoms in total. The molecule has 32 heavy (non-hydrogen) atoms. The Kier molecular flexibility index (Phi) is 9.34. The van der Waals surface area contributed by atoms with Crippen molar-refractivity contribution in [1.29, 1.82) is 0 Å². The molecule has 3 amide bonds. The van der Waals surface area contributed by atoms with Crippen LogP contribution in [0.2, 0.25) is 0 Å². The Hall–Kier alpha value is -3.75. The number of carbonyl (C=O) groups excluding carboxylic acids is 3. The van der Waals surface area contributed by atoms with E-state index in [1.807, 2.05) is 33.8 Å². The van der Waals surface area contributed by atoms with Crippen molar-refractivity contribution in [2.45, 2.75) is 27.7 Å². The van der Waals surface area contributed by atoms with E-state index < -0.39 is 24.5 Å². The molecule has 0 saturated carbocycles. The number of imide groups is 1. The van der Waals surface area contributed by atoms with Crippen molar-refractivity contribution in [3.63, 3.8) is 0 Å². The van der Waals surface area contributed by atoms with Crippen molar-refractivity contribution in [2.75, 3.05) is 31.7 Å². The molecule has 0 fully saturated rings. The predicted octanol–water partition coefficient (Wildman–Crippen LogP) is 3.37. The molecule has 2 aromatic carbocycles. The van der Waals surface area contributed by atoms with Crippen LogP contribution in [0.5, 0.6) is 17.2 Å². The second-order valence-electron chi connectivity index (χ2n) is 6.73. The van der Waals surface area contributed by atoms with E-state index in [1.54, 1.807) is 30.3 Å². The second-order valence-corrected chi connectivity index (χ2v) is 6.73. The number of ether oxygens (including phenoxy) is 4. The monoisotopic (exact) mass is 444 g/mol. The summed E-state index contributed by atoms with van der Waals surface area (Å²) in [6.45, 7) is 7.50. The number of benzene rings is 2. The fourth-order valence-electron chi connectivity index (χ4n) is 2.59. The van der Waals surface area contributed by atoms with Gasteiger partial charge in [-0.05, 0) is 63.1 Å². The molecule has 0 atom stereocenters. The van der Waals surface area contributed by atoms with Gasteiger partial charge in [0.2, 0.25) is 0 Å². The van der Waals surface area contributed by atoms with Crippen LogP contribution in [0.1, 0.15) is 25.0 Å². The lowest BCUT2D eigenvalue weighted by Crippen LogP contribution is -2.37. The largest absolute Gasteiger partial charge is 0.490 e. The minimum Gasteiger partial charge on any atom is -0.490 e. The van der Waals surface area contributed by atoms with Crippen LogP contribution in [-0.2, 0) is 14.3 Å². The summed E-state index contributed by atoms with van der Waals surface area (Å²) in [5, 5.41) is 4.60. The van der Waals surface area contributed by atoms with Crippen molar-refractivity contribution in [3.8, 4) is 17.2 Å². The first-order valence-electron chi connectivity index (χ1n) is 10.2. The highest BCUT2D eigenvalue weighted by atomic mass is 16.6. The Morgan fingerprint density at radius 2 is 1.53 bits per heavy atom. The quantitative estimate of drug-likeness (QED) is 0.540. The van der Waals surface area contributed by atoms with Crippen molar-refractivity contribution < 1.29 is 33.3 Å². The van der Waals surface area contributed by atoms with Gasteiger partial charge in [0.1, 0.15) is 5.75 Å². The maximum Gasteiger partial charge on any atom is 0.344 e. The fourth-order valence-corrected chi connectivity index (χ4v) is 2.59. The van der Waals surface area contributed by atoms with Gasteiger partial charge in [-0.15, -0.1) is 0 Å². The van der Waals surface area contributed by atoms with E-state index in [1.165, 1.54) is 0 Å². The maximum absolute atomic E-state index is 12.0. The molecule has 0 aromatic heterocycles. The third-order valence-corrected chi connectivity index (χ3v) is 4.25. The van der Waals surface area contributed by atoms with Crippen LogP contribution in [0.25, 0.3) is 0 Å². The standard InChI is InChI=1S/C23H28N2O7/c1-5-29-19-10-8-17(12-20(19)30-6-2)24-23(28)25-21(26)13-32-22(27)14-31-18-9-7-15(3)16(4)11-18/h7-12H,5-6,13-14H2,1-4H3,(H2,24,25,26,28). The minimum atomic E-state index is -0.780. The first kappa shape index (κ1) is 24.5. The van der Waals surface area contributed by atoms with E-state index in [2.05, 4.69) is 10.6 Å². The zero-order chi connectivity index (χ0) is 23.5. The normalized spacial score (nSPS) is 10.1. The van der Waals surface area contributed by atoms with Crippen molar-refractivity contribution >= 4 is 23.6 Å². The lowest BCUT2D eigenvalue weighted by Gasteiger charge is -2.13. The lowest BCUT2D eigenvalue weighted by molar-refractivity contribution is -0.150. The smallest absolute Gasteiger partial charge is 0.344 e. The summed E-state index contributed by atoms with van der Waals surface area (Å²) in [5.41, 5.74) is 2.54. The van der Waals surface area contributed by atoms with Crippen LogP contribution in [-0.4, -0.2) is 44.3 Å². The molecule has 0 aliphatic carbocycles. The average Bonchev–Trinajstić information content (AvgIpc) is 2.75. The Bertz CT molecular complexity index is 959. The van der Waals surface area contributed by atoms with Gasteiger partial charge < -0.3 is 24.3 Å². The number of amides is 3. The fraction of sp³-hybridized carbons (Fsp3) is 0.348. The van der Waals surface area contributed by atoms with Gasteiger partial charge in [-0.2, -0.15) is 0 Å². The molecular weight excluding hydrogens is 416 g/mol. The number of hydrogen-bond acceptors (Lipinski definition) is 7. The molecule has 0 saturated heterocycles. The van der Waals surface area contributed by atoms with Gasteiger partial charge >= 0.3 is 12.0 Å². The second kappa shape index (κ2) is 12.2. The predicted molar refractivity (Wildman–Crippen MR) is 118 cm³/mol. The van der Waals surface area contributed by atoms with Crippen molar-refractivity contribution in [3.05, 3.63) is 47.5 Å². The van der Waals surface area contributed by atoms with E-state index in [9.17, 15) is 14.4 Å². The molecule has 0 heterocycles. The molecular formula is C23H28N2O7. The molecule has 0 aliphatic rings. The molecule has 0 bridgehead atoms. The SMILES string of the molecule is CCOc1ccc(NC(=O)NC(=O)COC(=O)COc2ccc(C)c(C)c2)cc1OCC. The summed E-state index contributed by atoms with van der Waals surface area (Å²) in [6, 6.07) is 9.50. The van der Waals surface area contributed by atoms with Gasteiger partial charge in [0.05, 0.1) is 13.2 Å². The van der Waals surface area contributed by atoms with E-state index >= 15 is 0 Å². The highest BCUT2D eigenvalue weighted by Crippen LogP contribution is 2.30. The van der Waals surface area contributed by atoms with Crippen LogP contribution < -0.4 is 24.8 Å². The van der Waals surface area contributed by atoms with Crippen LogP contribution in [0.15, 0.2) is 36.4 Å². The summed E-state index contributed by atoms with van der Waals surface area (Å²) in [4.78, 5) is 35.7. The summed E-state index contributed by atoms with van der Waals surface area (Å²) in [5.74, 6) is 0.0304. The Morgan fingerprint density at radius 3 is 2.22 bits per heavy atom. The van der Waals surface area contributed by atoms with E-state index in [4.69, 9.17) is 18.9 Å². The third kappa shape index (κ3) is 7.82. The van der Waals surface area contributed by atoms with E-state index in [0.29, 0.717) is 36.1 Å². The third-order valence-electron chi connectivity index (χ3n) is 4.25. The lowest BCUT2D eigenvalue weighted by atomic mass is 10.1. The number of nitrogens with one attached hydrogen (secondary N) is 2. The number of rotatable bonds is 10. The van der Waals surface area contributed by atoms with Gasteiger partial charge in [0.25, 0.3) is 5.91 Å². The van der Waals surface area contributed by atoms with Crippen molar-refractivity contribution in [2.24, 2.45) is 0 Å². The Balaban J connectivity index is 1.77. The van der Waals surface area contributed by atoms with Gasteiger partial charge in [0, 0.05) is 11.8 Å². The minimum absolute atomic E-state index is 0.353. The molecule has 0 spiro atoms. The zero-order valence-electron chi connectivity index (χ0n) is 18.7. The van der Waals surface area contributed by atoms with Crippen LogP contribution >= 0.6 is 0 Å². The summed E-state index contributed by atoms with van der Waals surface area (Å²) >= 11 is 0. The molecule has 2 aromatic rings. The summed E-state index contributed by atoms with van der Waals surface area (Å²) < 4.78 is 21.1. The zero-order valence-corrected chi connectivity index (χ0v) is 18.7. The number of esters is 1. The number of anilines is 1. The highest BCUT2D eigenvalue weighted by Gasteiger charge is 2.13. The van der Waals surface area contributed by atoms with Crippen LogP contribution in [0, 0.1) is 13.8 Å². The number of aryl methyl sites for hydroxylation is 2. The molecule has 9 heteroatoms. The molecule has 172 valence electrons. The van der Waals surface area contributed by atoms with Gasteiger partial charge in [0.15, 0.2) is 24.7 Å². The van der Waals surface area contributed by atoms with E-state index in [0.717, 1.165) is 11.1 Å². The summed E-state index contributed by atoms with van der Waals surface area (Å²) in [6.07, 6.45) is 0. The summed E-state index contributed by atoms with van der Waals surface area (Å²) in [7, 11) is 0. The first-order valence-corrected chi connectivity index (χ1v) is 10.2. The van der Waals surface area contributed by atoms with Crippen molar-refractivity contribution in [1.82, 2.24) is 5.32 Å². The highest BCUT2D eigenvalue weighted by molar-refractivity contribution is 6.02. The maximum atomic E-state index is 12.0. The van der Waals surface area contributed by atoms with Gasteiger partial charge in [-0.25, -0.2) is 9.59 Å². The number of hydrogen-bond donors (Lipinski definition) is 2. The number of urea groups is 1. The number of carbonyl (C=O) groups is 3. The van der Waals surface area contributed by atoms with Gasteiger partial charge in [-0.1, -0.05) is 6.07 Å². The molecule has 2 N–H and O–H groups in total. The van der Waals surface area contributed by atoms with Crippen LogP contribution in [0.4, 0.5) is 10.5 Å². The molecule has 0 radical (unpaired) electrons. The molecule has 2 rings (SSSR count). The average molecular weight is 444 g/mol. The molecule has 0 unspecified atom stereocenters.